The lowest BCUT2D eigenvalue weighted by atomic mass is 10.6. The van der Waals surface area contributed by atoms with Gasteiger partial charge in [-0.1, -0.05) is 0 Å². The van der Waals surface area contributed by atoms with Gasteiger partial charge in [0.05, 0.1) is 19.3 Å². The van der Waals surface area contributed by atoms with Crippen LogP contribution in [0.5, 0.6) is 0 Å². The molecule has 39 valence electrons. The molecule has 1 saturated carbocycles. The van der Waals surface area contributed by atoms with Gasteiger partial charge in [0, 0.05) is 6.42 Å². The van der Waals surface area contributed by atoms with Crippen molar-refractivity contribution in [3.05, 3.63) is 6.10 Å². The third-order valence-electron chi connectivity index (χ3n) is 1.28. The molecule has 2 nitrogen and oxygen atoms in total. The Balaban J connectivity index is 1.95. The molecule has 1 heterocycles. The van der Waals surface area contributed by atoms with Crippen molar-refractivity contribution in [3.8, 4) is 0 Å². The summed E-state index contributed by atoms with van der Waals surface area (Å²) in [6.07, 6.45) is 2.61. The Bertz CT molecular complexity index is 72.1. The molecule has 0 aromatic heterocycles. The molecule has 1 aliphatic heterocycles. The number of fused-ring (bicyclic) bond motifs is 1. The Labute approximate surface area is 42.4 Å². The fourth-order valence-corrected chi connectivity index (χ4v) is 0.791. The van der Waals surface area contributed by atoms with E-state index in [4.69, 9.17) is 9.47 Å². The minimum absolute atomic E-state index is 0.397. The van der Waals surface area contributed by atoms with Gasteiger partial charge in [-0.3, -0.25) is 0 Å². The van der Waals surface area contributed by atoms with Crippen molar-refractivity contribution in [2.24, 2.45) is 0 Å². The Morgan fingerprint density at radius 2 is 2.43 bits per heavy atom. The molecule has 1 saturated heterocycles. The average molecular weight is 99.1 g/mol. The first-order chi connectivity index (χ1) is 3.47. The third kappa shape index (κ3) is 0.545. The van der Waals surface area contributed by atoms with Crippen molar-refractivity contribution in [2.45, 2.75) is 12.5 Å². The summed E-state index contributed by atoms with van der Waals surface area (Å²) in [5.74, 6) is 0. The molecule has 0 N–H and O–H groups in total. The second-order valence-electron chi connectivity index (χ2n) is 1.88. The maximum atomic E-state index is 5.19. The smallest absolute Gasteiger partial charge is 0.128 e. The zero-order valence-corrected chi connectivity index (χ0v) is 4.02. The molecular weight excluding hydrogens is 92.1 g/mol. The molecule has 1 unspecified atom stereocenters. The van der Waals surface area contributed by atoms with Crippen LogP contribution in [0.3, 0.4) is 0 Å². The van der Waals surface area contributed by atoms with E-state index in [0.717, 1.165) is 25.7 Å². The van der Waals surface area contributed by atoms with Crippen LogP contribution in [-0.4, -0.2) is 19.3 Å². The van der Waals surface area contributed by atoms with Crippen molar-refractivity contribution in [1.29, 1.82) is 0 Å². The summed E-state index contributed by atoms with van der Waals surface area (Å²) >= 11 is 0. The maximum Gasteiger partial charge on any atom is 0.128 e. The summed E-state index contributed by atoms with van der Waals surface area (Å²) in [6, 6.07) is 0. The Kier molecular flexibility index (Phi) is 0.664. The van der Waals surface area contributed by atoms with E-state index in [9.17, 15) is 0 Å². The standard InChI is InChI=1S/C5H7O2/c1-2-7-5-3-4(5)6-1/h4H,1-3H2. The van der Waals surface area contributed by atoms with Crippen molar-refractivity contribution in [2.75, 3.05) is 13.2 Å². The van der Waals surface area contributed by atoms with Crippen molar-refractivity contribution in [3.63, 3.8) is 0 Å². The van der Waals surface area contributed by atoms with Gasteiger partial charge in [-0.05, 0) is 0 Å². The van der Waals surface area contributed by atoms with E-state index in [2.05, 4.69) is 0 Å². The second-order valence-corrected chi connectivity index (χ2v) is 1.88. The van der Waals surface area contributed by atoms with Gasteiger partial charge in [-0.25, -0.2) is 0 Å². The first-order valence-electron chi connectivity index (χ1n) is 2.57. The molecule has 1 aliphatic carbocycles. The molecule has 0 aromatic carbocycles. The van der Waals surface area contributed by atoms with E-state index in [1.54, 1.807) is 0 Å². The van der Waals surface area contributed by atoms with E-state index < -0.39 is 0 Å². The van der Waals surface area contributed by atoms with Crippen LogP contribution in [0.15, 0.2) is 0 Å². The van der Waals surface area contributed by atoms with Crippen LogP contribution < -0.4 is 0 Å². The molecule has 0 spiro atoms. The largest absolute Gasteiger partial charge is 0.373 e. The molecule has 0 bridgehead atoms. The minimum atomic E-state index is 0.397. The molecule has 2 rings (SSSR count). The van der Waals surface area contributed by atoms with E-state index in [1.165, 1.54) is 0 Å². The lowest BCUT2D eigenvalue weighted by molar-refractivity contribution is 0.00241. The topological polar surface area (TPSA) is 18.5 Å². The fraction of sp³-hybridized carbons (Fsp3) is 0.800. The molecule has 0 amide bonds. The average Bonchev–Trinajstić information content (AvgIpc) is 2.41. The highest BCUT2D eigenvalue weighted by Crippen LogP contribution is 2.39. The zero-order chi connectivity index (χ0) is 4.69. The first-order valence-corrected chi connectivity index (χ1v) is 2.57. The predicted molar refractivity (Wildman–Crippen MR) is 23.6 cm³/mol. The van der Waals surface area contributed by atoms with Gasteiger partial charge in [0.15, 0.2) is 0 Å². The zero-order valence-electron chi connectivity index (χ0n) is 4.02. The molecular formula is C5H7O2. The summed E-state index contributed by atoms with van der Waals surface area (Å²) in [4.78, 5) is 0. The van der Waals surface area contributed by atoms with Crippen LogP contribution in [0.4, 0.5) is 0 Å². The molecule has 2 fully saturated rings. The molecule has 1 atom stereocenters. The molecule has 0 aromatic rings. The van der Waals surface area contributed by atoms with E-state index in [0.29, 0.717) is 6.10 Å². The van der Waals surface area contributed by atoms with Gasteiger partial charge in [0.25, 0.3) is 0 Å². The number of ether oxygens (including phenoxy) is 2. The number of hydrogen-bond acceptors (Lipinski definition) is 2. The molecule has 1 radical (unpaired) electrons. The Morgan fingerprint density at radius 1 is 1.43 bits per heavy atom. The molecule has 7 heavy (non-hydrogen) atoms. The van der Waals surface area contributed by atoms with Gasteiger partial charge in [0.1, 0.15) is 6.10 Å². The van der Waals surface area contributed by atoms with E-state index in [1.807, 2.05) is 0 Å². The summed E-state index contributed by atoms with van der Waals surface area (Å²) in [7, 11) is 0. The number of rotatable bonds is 0. The summed E-state index contributed by atoms with van der Waals surface area (Å²) < 4.78 is 10.3. The Hall–Kier alpha value is -0.0800. The van der Waals surface area contributed by atoms with Crippen LogP contribution in [0, 0.1) is 6.10 Å². The molecule has 2 heteroatoms. The Morgan fingerprint density at radius 3 is 3.00 bits per heavy atom. The fourth-order valence-electron chi connectivity index (χ4n) is 0.791. The van der Waals surface area contributed by atoms with Crippen molar-refractivity contribution >= 4 is 0 Å². The van der Waals surface area contributed by atoms with Gasteiger partial charge < -0.3 is 9.47 Å². The van der Waals surface area contributed by atoms with Gasteiger partial charge in [0.2, 0.25) is 0 Å². The van der Waals surface area contributed by atoms with Crippen LogP contribution in [0.2, 0.25) is 0 Å². The highest BCUT2D eigenvalue weighted by atomic mass is 16.6. The van der Waals surface area contributed by atoms with Gasteiger partial charge in [-0.2, -0.15) is 0 Å². The highest BCUT2D eigenvalue weighted by Gasteiger charge is 2.43. The van der Waals surface area contributed by atoms with Gasteiger partial charge in [-0.15, -0.1) is 0 Å². The van der Waals surface area contributed by atoms with Gasteiger partial charge >= 0.3 is 0 Å². The lowest BCUT2D eigenvalue weighted by Crippen LogP contribution is -2.12. The lowest BCUT2D eigenvalue weighted by Gasteiger charge is -2.08. The summed E-state index contributed by atoms with van der Waals surface area (Å²) in [5, 5.41) is 0. The SMILES string of the molecule is C1COC2C[C]2O1. The summed E-state index contributed by atoms with van der Waals surface area (Å²) in [5.41, 5.74) is 0. The quantitative estimate of drug-likeness (QED) is 0.436. The van der Waals surface area contributed by atoms with Crippen molar-refractivity contribution in [1.82, 2.24) is 0 Å². The monoisotopic (exact) mass is 99.0 g/mol. The summed E-state index contributed by atoms with van der Waals surface area (Å²) in [6.45, 7) is 1.56. The van der Waals surface area contributed by atoms with Crippen LogP contribution in [0.1, 0.15) is 6.42 Å². The van der Waals surface area contributed by atoms with E-state index in [-0.39, 0.29) is 0 Å². The maximum absolute atomic E-state index is 5.19. The number of hydrogen-bond donors (Lipinski definition) is 0. The predicted octanol–water partition coefficient (Wildman–Crippen LogP) is 0.337. The van der Waals surface area contributed by atoms with E-state index >= 15 is 0 Å². The third-order valence-corrected chi connectivity index (χ3v) is 1.28. The first kappa shape index (κ1) is 3.87. The molecule has 2 aliphatic rings. The highest BCUT2D eigenvalue weighted by molar-refractivity contribution is 5.09. The normalized spacial score (nSPS) is 40.3. The van der Waals surface area contributed by atoms with Crippen LogP contribution in [-0.2, 0) is 9.47 Å². The van der Waals surface area contributed by atoms with Crippen LogP contribution in [0.25, 0.3) is 0 Å². The van der Waals surface area contributed by atoms with Crippen molar-refractivity contribution < 1.29 is 9.47 Å². The second kappa shape index (κ2) is 1.20. The minimum Gasteiger partial charge on any atom is -0.373 e. The van der Waals surface area contributed by atoms with Crippen LogP contribution >= 0.6 is 0 Å².